The van der Waals surface area contributed by atoms with Gasteiger partial charge in [-0.1, -0.05) is 11.6 Å². The van der Waals surface area contributed by atoms with Gasteiger partial charge in [0.05, 0.1) is 11.5 Å². The molecule has 3 atom stereocenters. The molecule has 3 unspecified atom stereocenters. The summed E-state index contributed by atoms with van der Waals surface area (Å²) in [5.74, 6) is -1.23. The molecule has 5 heteroatoms. The van der Waals surface area contributed by atoms with Crippen LogP contribution in [0, 0.1) is 12.8 Å². The fraction of sp³-hybridized carbons (Fsp3) is 0.467. The van der Waals surface area contributed by atoms with Crippen molar-refractivity contribution in [3.8, 4) is 0 Å². The average Bonchev–Trinajstić information content (AvgIpc) is 2.98. The van der Waals surface area contributed by atoms with Crippen molar-refractivity contribution >= 4 is 27.8 Å². The van der Waals surface area contributed by atoms with Gasteiger partial charge in [0.1, 0.15) is 0 Å². The molecule has 1 amide bonds. The summed E-state index contributed by atoms with van der Waals surface area (Å²) in [4.78, 5) is 25.8. The van der Waals surface area contributed by atoms with Crippen LogP contribution in [0.1, 0.15) is 35.2 Å². The maximum Gasteiger partial charge on any atom is 0.308 e. The Morgan fingerprint density at radius 3 is 2.75 bits per heavy atom. The van der Waals surface area contributed by atoms with Gasteiger partial charge in [0.2, 0.25) is 0 Å². The molecule has 4 nitrogen and oxygen atoms in total. The van der Waals surface area contributed by atoms with Crippen LogP contribution >= 0.6 is 15.9 Å². The van der Waals surface area contributed by atoms with Gasteiger partial charge in [-0.2, -0.15) is 0 Å². The lowest BCUT2D eigenvalue weighted by atomic mass is 9.89. The first-order valence-corrected chi connectivity index (χ1v) is 7.60. The molecule has 0 saturated carbocycles. The number of carboxylic acid groups (broad SMARTS) is 1. The van der Waals surface area contributed by atoms with E-state index in [1.165, 1.54) is 0 Å². The van der Waals surface area contributed by atoms with Crippen LogP contribution in [0.3, 0.4) is 0 Å². The largest absolute Gasteiger partial charge is 0.481 e. The highest BCUT2D eigenvalue weighted by atomic mass is 79.9. The van der Waals surface area contributed by atoms with Crippen molar-refractivity contribution in [2.24, 2.45) is 5.92 Å². The highest BCUT2D eigenvalue weighted by Gasteiger charge is 2.51. The van der Waals surface area contributed by atoms with E-state index in [1.807, 2.05) is 25.1 Å². The standard InChI is InChI=1S/C15H16BrNO3/c1-8-2-4-12(16)10(6-8)14(18)17-9-3-5-13(17)11(7-9)15(19)20/h2,4,6,9,11,13H,3,5,7H2,1H3,(H,19,20). The SMILES string of the molecule is Cc1ccc(Br)c(C(=O)N2C3CCC2C(C(=O)O)C3)c1. The van der Waals surface area contributed by atoms with Crippen molar-refractivity contribution < 1.29 is 14.7 Å². The van der Waals surface area contributed by atoms with Gasteiger partial charge in [0.15, 0.2) is 0 Å². The normalized spacial score (nSPS) is 27.9. The highest BCUT2D eigenvalue weighted by Crippen LogP contribution is 2.43. The van der Waals surface area contributed by atoms with Crippen molar-refractivity contribution in [3.63, 3.8) is 0 Å². The minimum absolute atomic E-state index is 0.0446. The fourth-order valence-electron chi connectivity index (χ4n) is 3.51. The van der Waals surface area contributed by atoms with Gasteiger partial charge in [-0.25, -0.2) is 0 Å². The molecule has 0 radical (unpaired) electrons. The Morgan fingerprint density at radius 1 is 1.35 bits per heavy atom. The monoisotopic (exact) mass is 337 g/mol. The molecule has 2 aliphatic heterocycles. The zero-order valence-electron chi connectivity index (χ0n) is 11.2. The predicted molar refractivity (Wildman–Crippen MR) is 77.6 cm³/mol. The van der Waals surface area contributed by atoms with Crippen molar-refractivity contribution in [1.82, 2.24) is 4.90 Å². The lowest BCUT2D eigenvalue weighted by Crippen LogP contribution is -2.38. The number of rotatable bonds is 2. The number of hydrogen-bond donors (Lipinski definition) is 1. The number of hydrogen-bond acceptors (Lipinski definition) is 2. The molecule has 2 aliphatic rings. The molecule has 2 saturated heterocycles. The third kappa shape index (κ3) is 2.04. The number of benzene rings is 1. The first-order chi connectivity index (χ1) is 9.49. The number of aryl methyl sites for hydroxylation is 1. The molecule has 1 aromatic carbocycles. The molecule has 3 rings (SSSR count). The zero-order valence-corrected chi connectivity index (χ0v) is 12.8. The Balaban J connectivity index is 1.92. The maximum absolute atomic E-state index is 12.8. The lowest BCUT2D eigenvalue weighted by Gasteiger charge is -2.23. The zero-order chi connectivity index (χ0) is 14.4. The fourth-order valence-corrected chi connectivity index (χ4v) is 3.93. The van der Waals surface area contributed by atoms with Gasteiger partial charge in [-0.3, -0.25) is 9.59 Å². The maximum atomic E-state index is 12.8. The van der Waals surface area contributed by atoms with Crippen LogP contribution in [0.5, 0.6) is 0 Å². The summed E-state index contributed by atoms with van der Waals surface area (Å²) in [6.45, 7) is 1.95. The van der Waals surface area contributed by atoms with Crippen LogP contribution in [-0.2, 0) is 4.79 Å². The van der Waals surface area contributed by atoms with Gasteiger partial charge in [-0.05, 0) is 54.2 Å². The van der Waals surface area contributed by atoms with E-state index in [2.05, 4.69) is 15.9 Å². The average molecular weight is 338 g/mol. The topological polar surface area (TPSA) is 57.6 Å². The van der Waals surface area contributed by atoms with E-state index in [4.69, 9.17) is 0 Å². The molecule has 0 aliphatic carbocycles. The minimum atomic E-state index is -0.779. The van der Waals surface area contributed by atoms with E-state index in [1.54, 1.807) is 4.90 Å². The van der Waals surface area contributed by atoms with Gasteiger partial charge in [0.25, 0.3) is 5.91 Å². The Labute approximate surface area is 125 Å². The van der Waals surface area contributed by atoms with Crippen molar-refractivity contribution in [2.45, 2.75) is 38.3 Å². The summed E-state index contributed by atoms with van der Waals surface area (Å²) in [6.07, 6.45) is 2.32. The number of carboxylic acids is 1. The number of carbonyl (C=O) groups is 2. The van der Waals surface area contributed by atoms with E-state index < -0.39 is 11.9 Å². The molecule has 1 aromatic rings. The Kier molecular flexibility index (Phi) is 3.32. The van der Waals surface area contributed by atoms with E-state index in [-0.39, 0.29) is 18.0 Å². The second-order valence-corrected chi connectivity index (χ2v) is 6.53. The third-order valence-corrected chi connectivity index (χ3v) is 5.13. The smallest absolute Gasteiger partial charge is 0.308 e. The molecule has 0 aromatic heterocycles. The third-order valence-electron chi connectivity index (χ3n) is 4.44. The molecule has 106 valence electrons. The summed E-state index contributed by atoms with van der Waals surface area (Å²) < 4.78 is 0.770. The molecule has 20 heavy (non-hydrogen) atoms. The number of halogens is 1. The van der Waals surface area contributed by atoms with Gasteiger partial charge in [-0.15, -0.1) is 0 Å². The van der Waals surface area contributed by atoms with Crippen LogP contribution in [0.15, 0.2) is 22.7 Å². The van der Waals surface area contributed by atoms with E-state index in [0.717, 1.165) is 22.9 Å². The molecule has 2 heterocycles. The molecule has 1 N–H and O–H groups in total. The second-order valence-electron chi connectivity index (χ2n) is 5.67. The summed E-state index contributed by atoms with van der Waals surface area (Å²) in [5.41, 5.74) is 1.66. The minimum Gasteiger partial charge on any atom is -0.481 e. The quantitative estimate of drug-likeness (QED) is 0.902. The van der Waals surface area contributed by atoms with Crippen molar-refractivity contribution in [1.29, 1.82) is 0 Å². The number of aliphatic carboxylic acids is 1. The van der Waals surface area contributed by atoms with Crippen LogP contribution in [-0.4, -0.2) is 34.0 Å². The van der Waals surface area contributed by atoms with Crippen LogP contribution in [0.4, 0.5) is 0 Å². The molecular formula is C15H16BrNO3. The first-order valence-electron chi connectivity index (χ1n) is 6.80. The lowest BCUT2D eigenvalue weighted by molar-refractivity contribution is -0.142. The predicted octanol–water partition coefficient (Wildman–Crippen LogP) is 2.84. The number of nitrogens with zero attached hydrogens (tertiary/aromatic N) is 1. The molecule has 0 spiro atoms. The number of carbonyl (C=O) groups excluding carboxylic acids is 1. The van der Waals surface area contributed by atoms with E-state index >= 15 is 0 Å². The molecule has 2 bridgehead atoms. The van der Waals surface area contributed by atoms with Crippen molar-refractivity contribution in [2.75, 3.05) is 0 Å². The van der Waals surface area contributed by atoms with Crippen LogP contribution in [0.2, 0.25) is 0 Å². The molecule has 2 fully saturated rings. The highest BCUT2D eigenvalue weighted by molar-refractivity contribution is 9.10. The first kappa shape index (κ1) is 13.6. The van der Waals surface area contributed by atoms with Crippen LogP contribution in [0.25, 0.3) is 0 Å². The summed E-state index contributed by atoms with van der Waals surface area (Å²) in [6, 6.07) is 5.62. The Hall–Kier alpha value is -1.36. The second kappa shape index (κ2) is 4.88. The summed E-state index contributed by atoms with van der Waals surface area (Å²) >= 11 is 3.42. The Bertz CT molecular complexity index is 586. The Morgan fingerprint density at radius 2 is 2.10 bits per heavy atom. The van der Waals surface area contributed by atoms with E-state index in [0.29, 0.717) is 12.0 Å². The van der Waals surface area contributed by atoms with E-state index in [9.17, 15) is 14.7 Å². The molecular weight excluding hydrogens is 322 g/mol. The number of fused-ring (bicyclic) bond motifs is 2. The summed E-state index contributed by atoms with van der Waals surface area (Å²) in [5, 5.41) is 9.26. The van der Waals surface area contributed by atoms with Gasteiger partial charge in [0, 0.05) is 16.6 Å². The summed E-state index contributed by atoms with van der Waals surface area (Å²) in [7, 11) is 0. The van der Waals surface area contributed by atoms with Crippen molar-refractivity contribution in [3.05, 3.63) is 33.8 Å². The van der Waals surface area contributed by atoms with Crippen LogP contribution < -0.4 is 0 Å². The van der Waals surface area contributed by atoms with Gasteiger partial charge >= 0.3 is 5.97 Å². The van der Waals surface area contributed by atoms with Gasteiger partial charge < -0.3 is 10.0 Å². The number of amides is 1.